The molecule has 2 aliphatic rings. The molecule has 0 saturated carbocycles. The van der Waals surface area contributed by atoms with Gasteiger partial charge in [0.2, 0.25) is 5.91 Å². The second-order valence-corrected chi connectivity index (χ2v) is 8.41. The lowest BCUT2D eigenvalue weighted by Gasteiger charge is -2.40. The molecule has 4 heterocycles. The standard InChI is InChI=1S/C24H28N4O/c1-18-5-4-11-28-22(16-25-24(18)28)15-23(29)26-13-9-21(10-14-26)27-12-8-19-6-2-3-7-20(19)17-27/h2-7,11,16,21H,8-10,12-15,17H2,1H3. The zero-order valence-electron chi connectivity index (χ0n) is 17.1. The number of aryl methyl sites for hydroxylation is 1. The van der Waals surface area contributed by atoms with Gasteiger partial charge in [-0.25, -0.2) is 4.98 Å². The molecule has 1 aromatic carbocycles. The number of hydrogen-bond donors (Lipinski definition) is 0. The quantitative estimate of drug-likeness (QED) is 0.692. The lowest BCUT2D eigenvalue weighted by atomic mass is 9.95. The van der Waals surface area contributed by atoms with Crippen molar-refractivity contribution in [1.82, 2.24) is 19.2 Å². The minimum atomic E-state index is 0.218. The minimum absolute atomic E-state index is 0.218. The molecular weight excluding hydrogens is 360 g/mol. The number of benzene rings is 1. The van der Waals surface area contributed by atoms with E-state index in [9.17, 15) is 4.79 Å². The fraction of sp³-hybridized carbons (Fsp3) is 0.417. The summed E-state index contributed by atoms with van der Waals surface area (Å²) < 4.78 is 2.05. The Hall–Kier alpha value is -2.66. The van der Waals surface area contributed by atoms with E-state index in [0.29, 0.717) is 12.5 Å². The summed E-state index contributed by atoms with van der Waals surface area (Å²) in [4.78, 5) is 22.1. The molecule has 1 saturated heterocycles. The SMILES string of the molecule is Cc1cccn2c(CC(=O)N3CCC(N4CCc5ccccc5C4)CC3)cnc12. The van der Waals surface area contributed by atoms with Crippen molar-refractivity contribution < 1.29 is 4.79 Å². The lowest BCUT2D eigenvalue weighted by Crippen LogP contribution is -2.48. The van der Waals surface area contributed by atoms with Crippen molar-refractivity contribution in [2.75, 3.05) is 19.6 Å². The van der Waals surface area contributed by atoms with Crippen LogP contribution in [0.25, 0.3) is 5.65 Å². The van der Waals surface area contributed by atoms with Gasteiger partial charge in [0, 0.05) is 44.6 Å². The van der Waals surface area contributed by atoms with E-state index < -0.39 is 0 Å². The average molecular weight is 389 g/mol. The third-order valence-electron chi connectivity index (χ3n) is 6.63. The van der Waals surface area contributed by atoms with Gasteiger partial charge in [0.15, 0.2) is 0 Å². The number of carbonyl (C=O) groups excluding carboxylic acids is 1. The summed E-state index contributed by atoms with van der Waals surface area (Å²) in [6, 6.07) is 13.5. The van der Waals surface area contributed by atoms with Crippen molar-refractivity contribution in [3.05, 3.63) is 71.2 Å². The number of carbonyl (C=O) groups is 1. The summed E-state index contributed by atoms with van der Waals surface area (Å²) in [5, 5.41) is 0. The average Bonchev–Trinajstić information content (AvgIpc) is 3.17. The molecule has 5 rings (SSSR count). The summed E-state index contributed by atoms with van der Waals surface area (Å²) in [6.07, 6.45) is 7.55. The topological polar surface area (TPSA) is 40.9 Å². The van der Waals surface area contributed by atoms with Crippen LogP contribution in [0.5, 0.6) is 0 Å². The van der Waals surface area contributed by atoms with Crippen LogP contribution in [0.3, 0.4) is 0 Å². The van der Waals surface area contributed by atoms with E-state index >= 15 is 0 Å². The maximum atomic E-state index is 12.9. The van der Waals surface area contributed by atoms with Crippen molar-refractivity contribution >= 4 is 11.6 Å². The normalized spacial score (nSPS) is 18.2. The number of pyridine rings is 1. The lowest BCUT2D eigenvalue weighted by molar-refractivity contribution is -0.132. The Morgan fingerprint density at radius 2 is 1.86 bits per heavy atom. The van der Waals surface area contributed by atoms with Crippen LogP contribution in [0.15, 0.2) is 48.8 Å². The van der Waals surface area contributed by atoms with Gasteiger partial charge in [0.05, 0.1) is 12.1 Å². The zero-order valence-corrected chi connectivity index (χ0v) is 17.1. The van der Waals surface area contributed by atoms with E-state index in [-0.39, 0.29) is 5.91 Å². The third kappa shape index (κ3) is 3.55. The molecule has 5 heteroatoms. The molecule has 2 aromatic heterocycles. The van der Waals surface area contributed by atoms with Crippen LogP contribution in [0.1, 0.15) is 35.2 Å². The predicted octanol–water partition coefficient (Wildman–Crippen LogP) is 3.23. The van der Waals surface area contributed by atoms with Gasteiger partial charge in [-0.1, -0.05) is 30.3 Å². The summed E-state index contributed by atoms with van der Waals surface area (Å²) >= 11 is 0. The van der Waals surface area contributed by atoms with E-state index in [1.54, 1.807) is 0 Å². The smallest absolute Gasteiger partial charge is 0.228 e. The van der Waals surface area contributed by atoms with E-state index in [1.807, 2.05) is 27.8 Å². The van der Waals surface area contributed by atoms with Crippen LogP contribution in [0, 0.1) is 6.92 Å². The molecule has 5 nitrogen and oxygen atoms in total. The zero-order chi connectivity index (χ0) is 19.8. The highest BCUT2D eigenvalue weighted by Gasteiger charge is 2.29. The minimum Gasteiger partial charge on any atom is -0.342 e. The monoisotopic (exact) mass is 388 g/mol. The Labute approximate surface area is 172 Å². The Morgan fingerprint density at radius 1 is 1.07 bits per heavy atom. The number of amides is 1. The van der Waals surface area contributed by atoms with Gasteiger partial charge in [-0.15, -0.1) is 0 Å². The fourth-order valence-electron chi connectivity index (χ4n) is 4.91. The Bertz CT molecular complexity index is 1030. The summed E-state index contributed by atoms with van der Waals surface area (Å²) in [6.45, 7) is 5.96. The molecule has 150 valence electrons. The molecule has 0 radical (unpaired) electrons. The molecule has 1 amide bonds. The van der Waals surface area contributed by atoms with Gasteiger partial charge in [-0.2, -0.15) is 0 Å². The Morgan fingerprint density at radius 3 is 2.69 bits per heavy atom. The number of fused-ring (bicyclic) bond motifs is 2. The molecule has 0 N–H and O–H groups in total. The highest BCUT2D eigenvalue weighted by Crippen LogP contribution is 2.25. The first-order valence-corrected chi connectivity index (χ1v) is 10.7. The summed E-state index contributed by atoms with van der Waals surface area (Å²) in [7, 11) is 0. The molecule has 0 spiro atoms. The maximum absolute atomic E-state index is 12.9. The molecule has 0 unspecified atom stereocenters. The molecule has 3 aromatic rings. The van der Waals surface area contributed by atoms with Crippen LogP contribution < -0.4 is 0 Å². The van der Waals surface area contributed by atoms with Crippen LogP contribution >= 0.6 is 0 Å². The van der Waals surface area contributed by atoms with E-state index in [4.69, 9.17) is 0 Å². The van der Waals surface area contributed by atoms with Crippen LogP contribution in [0.4, 0.5) is 0 Å². The van der Waals surface area contributed by atoms with Crippen molar-refractivity contribution in [2.45, 2.75) is 45.2 Å². The number of nitrogens with zero attached hydrogens (tertiary/aromatic N) is 4. The van der Waals surface area contributed by atoms with E-state index in [2.05, 4.69) is 47.1 Å². The van der Waals surface area contributed by atoms with Crippen molar-refractivity contribution in [2.24, 2.45) is 0 Å². The number of imidazole rings is 1. The number of rotatable bonds is 3. The van der Waals surface area contributed by atoms with Crippen molar-refractivity contribution in [3.63, 3.8) is 0 Å². The molecule has 0 bridgehead atoms. The Balaban J connectivity index is 1.19. The summed E-state index contributed by atoms with van der Waals surface area (Å²) in [5.41, 5.74) is 6.03. The first-order chi connectivity index (χ1) is 14.2. The second-order valence-electron chi connectivity index (χ2n) is 8.41. The van der Waals surface area contributed by atoms with Gasteiger partial charge in [-0.05, 0) is 48.9 Å². The Kier molecular flexibility index (Phi) is 4.84. The molecular formula is C24H28N4O. The van der Waals surface area contributed by atoms with E-state index in [1.165, 1.54) is 11.1 Å². The molecule has 0 aliphatic carbocycles. The number of piperidine rings is 1. The number of aromatic nitrogens is 2. The third-order valence-corrected chi connectivity index (χ3v) is 6.63. The largest absolute Gasteiger partial charge is 0.342 e. The van der Waals surface area contributed by atoms with E-state index in [0.717, 1.165) is 62.3 Å². The molecule has 29 heavy (non-hydrogen) atoms. The van der Waals surface area contributed by atoms with Crippen molar-refractivity contribution in [1.29, 1.82) is 0 Å². The number of likely N-dealkylation sites (tertiary alicyclic amines) is 1. The van der Waals surface area contributed by atoms with Crippen LogP contribution in [0.2, 0.25) is 0 Å². The van der Waals surface area contributed by atoms with Gasteiger partial charge in [0.25, 0.3) is 0 Å². The molecule has 0 atom stereocenters. The molecule has 2 aliphatic heterocycles. The number of hydrogen-bond acceptors (Lipinski definition) is 3. The fourth-order valence-corrected chi connectivity index (χ4v) is 4.91. The first-order valence-electron chi connectivity index (χ1n) is 10.7. The van der Waals surface area contributed by atoms with Crippen LogP contribution in [-0.2, 0) is 24.2 Å². The van der Waals surface area contributed by atoms with Crippen LogP contribution in [-0.4, -0.2) is 50.8 Å². The highest BCUT2D eigenvalue weighted by molar-refractivity contribution is 5.78. The van der Waals surface area contributed by atoms with Gasteiger partial charge in [-0.3, -0.25) is 9.69 Å². The highest BCUT2D eigenvalue weighted by atomic mass is 16.2. The first kappa shape index (κ1) is 18.4. The van der Waals surface area contributed by atoms with Gasteiger partial charge >= 0.3 is 0 Å². The summed E-state index contributed by atoms with van der Waals surface area (Å²) in [5.74, 6) is 0.218. The molecule has 1 fully saturated rings. The maximum Gasteiger partial charge on any atom is 0.228 e. The van der Waals surface area contributed by atoms with Crippen molar-refractivity contribution in [3.8, 4) is 0 Å². The van der Waals surface area contributed by atoms with Gasteiger partial charge < -0.3 is 9.30 Å². The predicted molar refractivity (Wildman–Crippen MR) is 114 cm³/mol. The second kappa shape index (κ2) is 7.64. The van der Waals surface area contributed by atoms with Gasteiger partial charge in [0.1, 0.15) is 5.65 Å².